The van der Waals surface area contributed by atoms with Gasteiger partial charge in [0.1, 0.15) is 0 Å². The van der Waals surface area contributed by atoms with Gasteiger partial charge in [-0.25, -0.2) is 0 Å². The largest absolute Gasteiger partial charge is 0.0837 e. The molecular formula is C17H16Si. The molecule has 1 atom stereocenters. The number of hydrogen-bond acceptors (Lipinski definition) is 0. The molecular weight excluding hydrogens is 232 g/mol. The lowest BCUT2D eigenvalue weighted by atomic mass is 9.87. The van der Waals surface area contributed by atoms with Crippen LogP contribution in [0.2, 0.25) is 6.55 Å². The normalized spacial score (nSPS) is 22.5. The molecule has 1 aliphatic carbocycles. The van der Waals surface area contributed by atoms with Crippen molar-refractivity contribution in [3.8, 4) is 0 Å². The molecule has 0 aromatic heterocycles. The first-order valence-electron chi connectivity index (χ1n) is 6.37. The van der Waals surface area contributed by atoms with Gasteiger partial charge in [0.2, 0.25) is 0 Å². The molecule has 2 radical (unpaired) electrons. The highest BCUT2D eigenvalue weighted by Crippen LogP contribution is 2.36. The van der Waals surface area contributed by atoms with Crippen molar-refractivity contribution in [2.45, 2.75) is 18.0 Å². The Labute approximate surface area is 111 Å². The molecule has 1 unspecified atom stereocenters. The molecule has 0 fully saturated rings. The van der Waals surface area contributed by atoms with Crippen molar-refractivity contribution in [1.82, 2.24) is 0 Å². The van der Waals surface area contributed by atoms with Gasteiger partial charge in [-0.3, -0.25) is 0 Å². The molecule has 0 saturated heterocycles. The van der Waals surface area contributed by atoms with E-state index in [0.717, 1.165) is 15.9 Å². The summed E-state index contributed by atoms with van der Waals surface area (Å²) in [7, 11) is 0.880. The third-order valence-electron chi connectivity index (χ3n) is 3.78. The highest BCUT2D eigenvalue weighted by atomic mass is 28.2. The maximum Gasteiger partial charge on any atom is 0.0541 e. The minimum absolute atomic E-state index is 0.204. The van der Waals surface area contributed by atoms with Crippen molar-refractivity contribution in [2.24, 2.45) is 0 Å². The van der Waals surface area contributed by atoms with Gasteiger partial charge in [-0.1, -0.05) is 73.3 Å². The Morgan fingerprint density at radius 1 is 1.00 bits per heavy atom. The van der Waals surface area contributed by atoms with Crippen LogP contribution in [0.5, 0.6) is 0 Å². The van der Waals surface area contributed by atoms with E-state index in [9.17, 15) is 0 Å². The van der Waals surface area contributed by atoms with E-state index in [1.807, 2.05) is 0 Å². The summed E-state index contributed by atoms with van der Waals surface area (Å²) in [6, 6.07) is 15.4. The first-order chi connectivity index (χ1) is 8.86. The van der Waals surface area contributed by atoms with Crippen LogP contribution in [0, 0.1) is 0 Å². The van der Waals surface area contributed by atoms with Gasteiger partial charge in [-0.15, -0.1) is 0 Å². The van der Waals surface area contributed by atoms with Crippen LogP contribution in [-0.4, -0.2) is 9.52 Å². The van der Waals surface area contributed by atoms with Crippen LogP contribution >= 0.6 is 0 Å². The summed E-state index contributed by atoms with van der Waals surface area (Å²) in [5.74, 6) is 0. The first kappa shape index (κ1) is 11.5. The fraction of sp³-hybridized carbons (Fsp3) is 0.176. The molecule has 88 valence electrons. The molecule has 0 spiro atoms. The Kier molecular flexibility index (Phi) is 2.92. The monoisotopic (exact) mass is 248 g/mol. The smallest absolute Gasteiger partial charge is 0.0541 e. The lowest BCUT2D eigenvalue weighted by molar-refractivity contribution is 0.758. The standard InChI is InChI=1S/C17H16Si/c1-18-17(12-5-2-6-13-17)16-11-7-9-14-8-3-4-10-15(14)16/h2-12H,13H2,1H3. The maximum absolute atomic E-state index is 2.38. The second-order valence-corrected chi connectivity index (χ2v) is 6.13. The zero-order chi connectivity index (χ0) is 12.4. The minimum Gasteiger partial charge on any atom is -0.0837 e. The van der Waals surface area contributed by atoms with Crippen LogP contribution in [0.15, 0.2) is 66.8 Å². The summed E-state index contributed by atoms with van der Waals surface area (Å²) in [6.45, 7) is 2.31. The Bertz CT molecular complexity index is 619. The summed E-state index contributed by atoms with van der Waals surface area (Å²) in [5, 5.41) is 2.94. The summed E-state index contributed by atoms with van der Waals surface area (Å²) < 4.78 is 0. The van der Waals surface area contributed by atoms with Gasteiger partial charge in [-0.2, -0.15) is 0 Å². The molecule has 18 heavy (non-hydrogen) atoms. The van der Waals surface area contributed by atoms with Crippen molar-refractivity contribution in [3.05, 3.63) is 72.3 Å². The average Bonchev–Trinajstić information content (AvgIpc) is 2.47. The lowest BCUT2D eigenvalue weighted by Crippen LogP contribution is -2.30. The number of benzene rings is 2. The van der Waals surface area contributed by atoms with E-state index >= 15 is 0 Å². The molecule has 0 nitrogen and oxygen atoms in total. The van der Waals surface area contributed by atoms with Gasteiger partial charge in [0.15, 0.2) is 0 Å². The second kappa shape index (κ2) is 4.58. The Hall–Kier alpha value is -1.60. The van der Waals surface area contributed by atoms with Gasteiger partial charge in [0, 0.05) is 5.04 Å². The minimum atomic E-state index is 0.204. The zero-order valence-corrected chi connectivity index (χ0v) is 11.6. The predicted molar refractivity (Wildman–Crippen MR) is 80.1 cm³/mol. The topological polar surface area (TPSA) is 0 Å². The molecule has 0 amide bonds. The highest BCUT2D eigenvalue weighted by Gasteiger charge is 2.29. The van der Waals surface area contributed by atoms with E-state index < -0.39 is 0 Å². The summed E-state index contributed by atoms with van der Waals surface area (Å²) in [6.07, 6.45) is 10.1. The van der Waals surface area contributed by atoms with Crippen molar-refractivity contribution in [3.63, 3.8) is 0 Å². The number of hydrogen-bond donors (Lipinski definition) is 0. The Morgan fingerprint density at radius 2 is 1.83 bits per heavy atom. The van der Waals surface area contributed by atoms with Crippen molar-refractivity contribution in [2.75, 3.05) is 0 Å². The van der Waals surface area contributed by atoms with Crippen LogP contribution in [0.1, 0.15) is 12.0 Å². The molecule has 3 rings (SSSR count). The Balaban J connectivity index is 2.24. The van der Waals surface area contributed by atoms with E-state index in [1.54, 1.807) is 0 Å². The van der Waals surface area contributed by atoms with Gasteiger partial charge in [-0.05, 0) is 22.8 Å². The summed E-state index contributed by atoms with van der Waals surface area (Å²) in [4.78, 5) is 0. The summed E-state index contributed by atoms with van der Waals surface area (Å²) in [5.41, 5.74) is 1.47. The fourth-order valence-corrected chi connectivity index (χ4v) is 3.83. The van der Waals surface area contributed by atoms with Gasteiger partial charge < -0.3 is 0 Å². The number of allylic oxidation sites excluding steroid dienone is 4. The van der Waals surface area contributed by atoms with Crippen LogP contribution in [-0.2, 0) is 5.04 Å². The number of rotatable bonds is 2. The van der Waals surface area contributed by atoms with E-state index in [2.05, 4.69) is 73.3 Å². The third kappa shape index (κ3) is 1.75. The van der Waals surface area contributed by atoms with Crippen LogP contribution in [0.4, 0.5) is 0 Å². The molecule has 2 aromatic rings. The predicted octanol–water partition coefficient (Wildman–Crippen LogP) is 4.30. The molecule has 1 heteroatoms. The van der Waals surface area contributed by atoms with E-state index in [4.69, 9.17) is 0 Å². The average molecular weight is 248 g/mol. The SMILES string of the molecule is C[Si]C1(c2cccc3ccccc23)C=CC=CC1. The van der Waals surface area contributed by atoms with Crippen LogP contribution in [0.25, 0.3) is 10.8 Å². The fourth-order valence-electron chi connectivity index (χ4n) is 2.75. The molecule has 0 saturated carbocycles. The molecule has 1 aliphatic rings. The van der Waals surface area contributed by atoms with E-state index in [0.29, 0.717) is 0 Å². The lowest BCUT2D eigenvalue weighted by Gasteiger charge is -2.31. The zero-order valence-electron chi connectivity index (χ0n) is 10.6. The highest BCUT2D eigenvalue weighted by molar-refractivity contribution is 6.40. The van der Waals surface area contributed by atoms with Crippen molar-refractivity contribution >= 4 is 20.3 Å². The second-order valence-electron chi connectivity index (χ2n) is 4.74. The number of fused-ring (bicyclic) bond motifs is 1. The first-order valence-corrected chi connectivity index (χ1v) is 7.87. The Morgan fingerprint density at radius 3 is 2.61 bits per heavy atom. The van der Waals surface area contributed by atoms with Gasteiger partial charge in [0.25, 0.3) is 0 Å². The third-order valence-corrected chi connectivity index (χ3v) is 5.32. The molecule has 0 N–H and O–H groups in total. The van der Waals surface area contributed by atoms with Gasteiger partial charge >= 0.3 is 0 Å². The summed E-state index contributed by atoms with van der Waals surface area (Å²) >= 11 is 0. The molecule has 2 aromatic carbocycles. The molecule has 0 aliphatic heterocycles. The van der Waals surface area contributed by atoms with Crippen molar-refractivity contribution < 1.29 is 0 Å². The molecule has 0 heterocycles. The quantitative estimate of drug-likeness (QED) is 0.695. The van der Waals surface area contributed by atoms with E-state index in [-0.39, 0.29) is 5.04 Å². The maximum atomic E-state index is 2.38. The van der Waals surface area contributed by atoms with Crippen LogP contribution in [0.3, 0.4) is 0 Å². The van der Waals surface area contributed by atoms with Crippen LogP contribution < -0.4 is 0 Å². The van der Waals surface area contributed by atoms with Gasteiger partial charge in [0.05, 0.1) is 9.52 Å². The van der Waals surface area contributed by atoms with Crippen molar-refractivity contribution in [1.29, 1.82) is 0 Å². The molecule has 0 bridgehead atoms. The van der Waals surface area contributed by atoms with E-state index in [1.165, 1.54) is 16.3 Å².